The Bertz CT molecular complexity index is 542. The SMILES string of the molecule is CCN(CC(=O)N(C)C)c1ccc2c(c1)NC(=O)C2O. The van der Waals surface area contributed by atoms with Crippen molar-refractivity contribution in [3.63, 3.8) is 0 Å². The van der Waals surface area contributed by atoms with E-state index in [0.29, 0.717) is 17.8 Å². The number of nitrogens with one attached hydrogen (secondary N) is 1. The van der Waals surface area contributed by atoms with Crippen LogP contribution in [0, 0.1) is 0 Å². The van der Waals surface area contributed by atoms with E-state index in [2.05, 4.69) is 5.32 Å². The van der Waals surface area contributed by atoms with Crippen LogP contribution >= 0.6 is 0 Å². The number of aliphatic hydroxyl groups is 1. The summed E-state index contributed by atoms with van der Waals surface area (Å²) in [4.78, 5) is 26.7. The van der Waals surface area contributed by atoms with Crippen molar-refractivity contribution in [2.24, 2.45) is 0 Å². The highest BCUT2D eigenvalue weighted by atomic mass is 16.3. The Kier molecular flexibility index (Phi) is 3.94. The third-order valence-electron chi connectivity index (χ3n) is 3.41. The number of benzene rings is 1. The number of hydrogen-bond donors (Lipinski definition) is 2. The molecule has 0 spiro atoms. The largest absolute Gasteiger partial charge is 0.378 e. The fourth-order valence-electron chi connectivity index (χ4n) is 2.12. The minimum absolute atomic E-state index is 0.0106. The quantitative estimate of drug-likeness (QED) is 0.844. The fraction of sp³-hybridized carbons (Fsp3) is 0.429. The zero-order valence-corrected chi connectivity index (χ0v) is 11.9. The van der Waals surface area contributed by atoms with Crippen molar-refractivity contribution in [1.82, 2.24) is 4.90 Å². The van der Waals surface area contributed by atoms with Gasteiger partial charge < -0.3 is 20.2 Å². The maximum absolute atomic E-state index is 11.8. The second-order valence-corrected chi connectivity index (χ2v) is 4.97. The molecular formula is C14H19N3O3. The molecule has 0 saturated carbocycles. The van der Waals surface area contributed by atoms with Crippen LogP contribution in [0.15, 0.2) is 18.2 Å². The van der Waals surface area contributed by atoms with E-state index in [1.165, 1.54) is 0 Å². The van der Waals surface area contributed by atoms with Crippen molar-refractivity contribution in [1.29, 1.82) is 0 Å². The first-order chi connectivity index (χ1) is 9.43. The fourth-order valence-corrected chi connectivity index (χ4v) is 2.12. The van der Waals surface area contributed by atoms with Crippen molar-refractivity contribution in [2.45, 2.75) is 13.0 Å². The first kappa shape index (κ1) is 14.3. The van der Waals surface area contributed by atoms with Crippen LogP contribution in [0.25, 0.3) is 0 Å². The Balaban J connectivity index is 2.22. The second kappa shape index (κ2) is 5.50. The molecule has 1 atom stereocenters. The van der Waals surface area contributed by atoms with E-state index in [4.69, 9.17) is 0 Å². The van der Waals surface area contributed by atoms with Gasteiger partial charge in [-0.3, -0.25) is 9.59 Å². The molecule has 1 unspecified atom stereocenters. The number of anilines is 2. The maximum atomic E-state index is 11.8. The lowest BCUT2D eigenvalue weighted by molar-refractivity contribution is -0.127. The average molecular weight is 277 g/mol. The summed E-state index contributed by atoms with van der Waals surface area (Å²) < 4.78 is 0. The Hall–Kier alpha value is -2.08. The Morgan fingerprint density at radius 2 is 2.10 bits per heavy atom. The highest BCUT2D eigenvalue weighted by Crippen LogP contribution is 2.33. The maximum Gasteiger partial charge on any atom is 0.257 e. The molecule has 1 aromatic rings. The summed E-state index contributed by atoms with van der Waals surface area (Å²) in [7, 11) is 3.44. The molecule has 6 heteroatoms. The van der Waals surface area contributed by atoms with Crippen LogP contribution in [0.1, 0.15) is 18.6 Å². The molecule has 1 aromatic carbocycles. The van der Waals surface area contributed by atoms with Crippen LogP contribution in [0.5, 0.6) is 0 Å². The van der Waals surface area contributed by atoms with Gasteiger partial charge in [0.1, 0.15) is 0 Å². The van der Waals surface area contributed by atoms with Gasteiger partial charge in [0.05, 0.1) is 6.54 Å². The summed E-state index contributed by atoms with van der Waals surface area (Å²) in [5, 5.41) is 12.3. The number of rotatable bonds is 4. The van der Waals surface area contributed by atoms with Crippen molar-refractivity contribution in [3.8, 4) is 0 Å². The van der Waals surface area contributed by atoms with Gasteiger partial charge in [0, 0.05) is 37.6 Å². The van der Waals surface area contributed by atoms with Crippen LogP contribution < -0.4 is 10.2 Å². The predicted octanol–water partition coefficient (Wildman–Crippen LogP) is 0.587. The number of fused-ring (bicyclic) bond motifs is 1. The molecule has 0 aromatic heterocycles. The summed E-state index contributed by atoms with van der Waals surface area (Å²) in [6, 6.07) is 5.32. The first-order valence-corrected chi connectivity index (χ1v) is 6.52. The number of carbonyl (C=O) groups is 2. The Morgan fingerprint density at radius 3 is 2.70 bits per heavy atom. The molecule has 0 radical (unpaired) electrons. The predicted molar refractivity (Wildman–Crippen MR) is 76.6 cm³/mol. The molecule has 0 aliphatic carbocycles. The smallest absolute Gasteiger partial charge is 0.257 e. The van der Waals surface area contributed by atoms with Crippen LogP contribution in [0.2, 0.25) is 0 Å². The van der Waals surface area contributed by atoms with Crippen LogP contribution in [0.4, 0.5) is 11.4 Å². The third kappa shape index (κ3) is 2.60. The van der Waals surface area contributed by atoms with Crippen molar-refractivity contribution < 1.29 is 14.7 Å². The van der Waals surface area contributed by atoms with Gasteiger partial charge in [-0.1, -0.05) is 6.07 Å². The number of likely N-dealkylation sites (N-methyl/N-ethyl adjacent to an activating group) is 2. The van der Waals surface area contributed by atoms with Crippen LogP contribution in [-0.2, 0) is 9.59 Å². The normalized spacial score (nSPS) is 16.6. The molecule has 0 saturated heterocycles. The van der Waals surface area contributed by atoms with Crippen molar-refractivity contribution in [3.05, 3.63) is 23.8 Å². The van der Waals surface area contributed by atoms with Gasteiger partial charge in [-0.25, -0.2) is 0 Å². The zero-order valence-electron chi connectivity index (χ0n) is 11.9. The van der Waals surface area contributed by atoms with E-state index < -0.39 is 12.0 Å². The minimum Gasteiger partial charge on any atom is -0.378 e. The lowest BCUT2D eigenvalue weighted by Crippen LogP contribution is -2.36. The number of amides is 2. The van der Waals surface area contributed by atoms with E-state index in [1.54, 1.807) is 31.1 Å². The molecule has 0 bridgehead atoms. The van der Waals surface area contributed by atoms with Gasteiger partial charge in [0.15, 0.2) is 6.10 Å². The van der Waals surface area contributed by atoms with E-state index in [1.807, 2.05) is 17.9 Å². The van der Waals surface area contributed by atoms with E-state index in [0.717, 1.165) is 5.69 Å². The molecule has 1 aliphatic heterocycles. The molecule has 1 aliphatic rings. The molecular weight excluding hydrogens is 258 g/mol. The first-order valence-electron chi connectivity index (χ1n) is 6.52. The standard InChI is InChI=1S/C14H19N3O3/c1-4-17(8-12(18)16(2)3)9-5-6-10-11(7-9)15-14(20)13(10)19/h5-7,13,19H,4,8H2,1-3H3,(H,15,20). The topological polar surface area (TPSA) is 72.9 Å². The summed E-state index contributed by atoms with van der Waals surface area (Å²) in [5.41, 5.74) is 2.03. The van der Waals surface area contributed by atoms with Crippen molar-refractivity contribution in [2.75, 3.05) is 37.4 Å². The van der Waals surface area contributed by atoms with Crippen molar-refractivity contribution >= 4 is 23.2 Å². The van der Waals surface area contributed by atoms with Gasteiger partial charge in [-0.2, -0.15) is 0 Å². The molecule has 2 rings (SSSR count). The molecule has 1 heterocycles. The van der Waals surface area contributed by atoms with E-state index in [-0.39, 0.29) is 12.5 Å². The minimum atomic E-state index is -1.10. The molecule has 2 N–H and O–H groups in total. The average Bonchev–Trinajstić information content (AvgIpc) is 2.70. The lowest BCUT2D eigenvalue weighted by atomic mass is 10.1. The summed E-state index contributed by atoms with van der Waals surface area (Å²) in [6.45, 7) is 2.91. The lowest BCUT2D eigenvalue weighted by Gasteiger charge is -2.24. The number of aliphatic hydroxyl groups excluding tert-OH is 1. The summed E-state index contributed by atoms with van der Waals surface area (Å²) in [5.74, 6) is -0.402. The monoisotopic (exact) mass is 277 g/mol. The third-order valence-corrected chi connectivity index (χ3v) is 3.41. The second-order valence-electron chi connectivity index (χ2n) is 4.97. The summed E-state index contributed by atoms with van der Waals surface area (Å²) in [6.07, 6.45) is -1.10. The number of nitrogens with zero attached hydrogens (tertiary/aromatic N) is 2. The van der Waals surface area contributed by atoms with E-state index >= 15 is 0 Å². The van der Waals surface area contributed by atoms with Crippen LogP contribution in [0.3, 0.4) is 0 Å². The Labute approximate surface area is 118 Å². The molecule has 20 heavy (non-hydrogen) atoms. The van der Waals surface area contributed by atoms with Gasteiger partial charge in [0.25, 0.3) is 5.91 Å². The van der Waals surface area contributed by atoms with Gasteiger partial charge >= 0.3 is 0 Å². The summed E-state index contributed by atoms with van der Waals surface area (Å²) >= 11 is 0. The zero-order chi connectivity index (χ0) is 14.9. The molecule has 6 nitrogen and oxygen atoms in total. The van der Waals surface area contributed by atoms with Gasteiger partial charge in [0.2, 0.25) is 5.91 Å². The number of carbonyl (C=O) groups excluding carboxylic acids is 2. The highest BCUT2D eigenvalue weighted by molar-refractivity contribution is 6.02. The number of hydrogen-bond acceptors (Lipinski definition) is 4. The van der Waals surface area contributed by atoms with Gasteiger partial charge in [-0.05, 0) is 19.1 Å². The van der Waals surface area contributed by atoms with E-state index in [9.17, 15) is 14.7 Å². The molecule has 0 fully saturated rings. The van der Waals surface area contributed by atoms with Gasteiger partial charge in [-0.15, -0.1) is 0 Å². The van der Waals surface area contributed by atoms with Crippen LogP contribution in [-0.4, -0.2) is 49.0 Å². The Morgan fingerprint density at radius 1 is 1.40 bits per heavy atom. The molecule has 108 valence electrons. The highest BCUT2D eigenvalue weighted by Gasteiger charge is 2.28. The molecule has 2 amide bonds.